The Hall–Kier alpha value is -1.16. The van der Waals surface area contributed by atoms with Crippen molar-refractivity contribution in [3.63, 3.8) is 0 Å². The molecule has 4 heteroatoms. The SMILES string of the molecule is Cn1nccc1CCC(=O)C(N)C(C)(C)C. The van der Waals surface area contributed by atoms with Crippen LogP contribution in [0.4, 0.5) is 0 Å². The number of carbonyl (C=O) groups excluding carboxylic acids is 1. The van der Waals surface area contributed by atoms with E-state index in [-0.39, 0.29) is 17.2 Å². The molecule has 2 N–H and O–H groups in total. The van der Waals surface area contributed by atoms with E-state index in [2.05, 4.69) is 5.10 Å². The molecule has 0 aliphatic carbocycles. The first kappa shape index (κ1) is 12.9. The molecule has 0 fully saturated rings. The fourth-order valence-electron chi connectivity index (χ4n) is 1.54. The van der Waals surface area contributed by atoms with Crippen LogP contribution in [0.3, 0.4) is 0 Å². The highest BCUT2D eigenvalue weighted by Crippen LogP contribution is 2.19. The highest BCUT2D eigenvalue weighted by atomic mass is 16.1. The largest absolute Gasteiger partial charge is 0.321 e. The van der Waals surface area contributed by atoms with E-state index in [1.807, 2.05) is 33.9 Å². The van der Waals surface area contributed by atoms with Crippen molar-refractivity contribution in [3.8, 4) is 0 Å². The van der Waals surface area contributed by atoms with Gasteiger partial charge in [-0.1, -0.05) is 20.8 Å². The number of rotatable bonds is 4. The van der Waals surface area contributed by atoms with Crippen LogP contribution in [0, 0.1) is 5.41 Å². The van der Waals surface area contributed by atoms with Crippen LogP contribution in [0.1, 0.15) is 32.9 Å². The molecule has 1 rings (SSSR count). The molecule has 1 aromatic rings. The van der Waals surface area contributed by atoms with Crippen LogP contribution >= 0.6 is 0 Å². The number of hydrogen-bond donors (Lipinski definition) is 1. The van der Waals surface area contributed by atoms with Crippen molar-refractivity contribution in [2.24, 2.45) is 18.2 Å². The molecule has 0 bridgehead atoms. The molecule has 0 amide bonds. The van der Waals surface area contributed by atoms with Gasteiger partial charge >= 0.3 is 0 Å². The normalized spacial score (nSPS) is 13.8. The van der Waals surface area contributed by atoms with Gasteiger partial charge in [-0.15, -0.1) is 0 Å². The maximum atomic E-state index is 11.8. The zero-order chi connectivity index (χ0) is 12.3. The quantitative estimate of drug-likeness (QED) is 0.836. The van der Waals surface area contributed by atoms with Crippen LogP contribution < -0.4 is 5.73 Å². The van der Waals surface area contributed by atoms with E-state index >= 15 is 0 Å². The Kier molecular flexibility index (Phi) is 3.86. The summed E-state index contributed by atoms with van der Waals surface area (Å²) in [4.78, 5) is 11.8. The molecule has 0 spiro atoms. The second-order valence-electron chi connectivity index (χ2n) is 5.26. The first-order valence-corrected chi connectivity index (χ1v) is 5.57. The van der Waals surface area contributed by atoms with Gasteiger partial charge in [0.15, 0.2) is 0 Å². The van der Waals surface area contributed by atoms with Gasteiger partial charge in [-0.25, -0.2) is 0 Å². The minimum Gasteiger partial charge on any atom is -0.321 e. The van der Waals surface area contributed by atoms with E-state index in [0.717, 1.165) is 5.69 Å². The third-order valence-corrected chi connectivity index (χ3v) is 2.83. The minimum atomic E-state index is -0.388. The number of Topliss-reactive ketones (excluding diaryl/α,β-unsaturated/α-hetero) is 1. The van der Waals surface area contributed by atoms with Crippen molar-refractivity contribution in [1.29, 1.82) is 0 Å². The van der Waals surface area contributed by atoms with E-state index < -0.39 is 0 Å². The molecule has 90 valence electrons. The molecule has 1 heterocycles. The van der Waals surface area contributed by atoms with Gasteiger partial charge in [-0.05, 0) is 17.9 Å². The number of nitrogens with zero attached hydrogens (tertiary/aromatic N) is 2. The van der Waals surface area contributed by atoms with E-state index in [1.165, 1.54) is 0 Å². The van der Waals surface area contributed by atoms with E-state index in [0.29, 0.717) is 12.8 Å². The molecule has 1 unspecified atom stereocenters. The van der Waals surface area contributed by atoms with E-state index in [1.54, 1.807) is 10.9 Å². The molecular formula is C12H21N3O. The Morgan fingerprint density at radius 1 is 1.56 bits per heavy atom. The van der Waals surface area contributed by atoms with Crippen LogP contribution in [0.5, 0.6) is 0 Å². The first-order chi connectivity index (χ1) is 7.32. The molecule has 0 aliphatic heterocycles. The van der Waals surface area contributed by atoms with Crippen molar-refractivity contribution in [3.05, 3.63) is 18.0 Å². The molecule has 0 saturated carbocycles. The standard InChI is InChI=1S/C12H21N3O/c1-12(2,3)11(13)10(16)6-5-9-7-8-14-15(9)4/h7-8,11H,5-6,13H2,1-4H3. The molecular weight excluding hydrogens is 202 g/mol. The minimum absolute atomic E-state index is 0.119. The van der Waals surface area contributed by atoms with Crippen molar-refractivity contribution >= 4 is 5.78 Å². The summed E-state index contributed by atoms with van der Waals surface area (Å²) in [6.45, 7) is 5.96. The third-order valence-electron chi connectivity index (χ3n) is 2.83. The molecule has 0 aromatic carbocycles. The number of ketones is 1. The monoisotopic (exact) mass is 223 g/mol. The summed E-state index contributed by atoms with van der Waals surface area (Å²) in [5.41, 5.74) is 6.80. The molecule has 0 radical (unpaired) electrons. The van der Waals surface area contributed by atoms with Gasteiger partial charge in [0.1, 0.15) is 5.78 Å². The molecule has 1 atom stereocenters. The van der Waals surface area contributed by atoms with E-state index in [9.17, 15) is 4.79 Å². The van der Waals surface area contributed by atoms with Gasteiger partial charge in [0, 0.05) is 25.4 Å². The Labute approximate surface area is 96.8 Å². The van der Waals surface area contributed by atoms with Crippen molar-refractivity contribution in [2.45, 2.75) is 39.7 Å². The summed E-state index contributed by atoms with van der Waals surface area (Å²) in [6, 6.07) is 1.54. The third kappa shape index (κ3) is 3.17. The predicted octanol–water partition coefficient (Wildman–Crippen LogP) is 1.30. The number of aryl methyl sites for hydroxylation is 2. The van der Waals surface area contributed by atoms with Crippen LogP contribution in [-0.2, 0) is 18.3 Å². The zero-order valence-electron chi connectivity index (χ0n) is 10.5. The first-order valence-electron chi connectivity index (χ1n) is 5.57. The lowest BCUT2D eigenvalue weighted by atomic mass is 9.83. The lowest BCUT2D eigenvalue weighted by Crippen LogP contribution is -2.42. The lowest BCUT2D eigenvalue weighted by molar-refractivity contribution is -0.122. The number of nitrogens with two attached hydrogens (primary N) is 1. The topological polar surface area (TPSA) is 60.9 Å². The summed E-state index contributed by atoms with van der Waals surface area (Å²) < 4.78 is 1.79. The Bertz CT molecular complexity index is 363. The van der Waals surface area contributed by atoms with Crippen LogP contribution in [-0.4, -0.2) is 21.6 Å². The summed E-state index contributed by atoms with van der Waals surface area (Å²) in [7, 11) is 1.88. The summed E-state index contributed by atoms with van der Waals surface area (Å²) in [6.07, 6.45) is 2.93. The van der Waals surface area contributed by atoms with Crippen LogP contribution in [0.2, 0.25) is 0 Å². The number of aromatic nitrogens is 2. The van der Waals surface area contributed by atoms with Crippen LogP contribution in [0.25, 0.3) is 0 Å². The predicted molar refractivity (Wildman–Crippen MR) is 64.0 cm³/mol. The van der Waals surface area contributed by atoms with Gasteiger partial charge in [0.25, 0.3) is 0 Å². The van der Waals surface area contributed by atoms with Crippen molar-refractivity contribution in [2.75, 3.05) is 0 Å². The van der Waals surface area contributed by atoms with Crippen molar-refractivity contribution < 1.29 is 4.79 Å². The van der Waals surface area contributed by atoms with Gasteiger partial charge in [0.05, 0.1) is 6.04 Å². The second kappa shape index (κ2) is 4.78. The molecule has 0 saturated heterocycles. The average molecular weight is 223 g/mol. The second-order valence-corrected chi connectivity index (χ2v) is 5.26. The maximum Gasteiger partial charge on any atom is 0.150 e. The fourth-order valence-corrected chi connectivity index (χ4v) is 1.54. The number of hydrogen-bond acceptors (Lipinski definition) is 3. The summed E-state index contributed by atoms with van der Waals surface area (Å²) in [5.74, 6) is 0.119. The highest BCUT2D eigenvalue weighted by Gasteiger charge is 2.26. The Morgan fingerprint density at radius 3 is 2.62 bits per heavy atom. The Morgan fingerprint density at radius 2 is 2.19 bits per heavy atom. The molecule has 16 heavy (non-hydrogen) atoms. The maximum absolute atomic E-state index is 11.8. The van der Waals surface area contributed by atoms with E-state index in [4.69, 9.17) is 5.73 Å². The summed E-state index contributed by atoms with van der Waals surface area (Å²) in [5, 5.41) is 4.06. The number of carbonyl (C=O) groups is 1. The summed E-state index contributed by atoms with van der Waals surface area (Å²) >= 11 is 0. The van der Waals surface area contributed by atoms with Gasteiger partial charge in [-0.2, -0.15) is 5.10 Å². The smallest absolute Gasteiger partial charge is 0.150 e. The zero-order valence-corrected chi connectivity index (χ0v) is 10.5. The van der Waals surface area contributed by atoms with Gasteiger partial charge < -0.3 is 5.73 Å². The van der Waals surface area contributed by atoms with Crippen LogP contribution in [0.15, 0.2) is 12.3 Å². The Balaban J connectivity index is 2.51. The molecule has 4 nitrogen and oxygen atoms in total. The van der Waals surface area contributed by atoms with Gasteiger partial charge in [-0.3, -0.25) is 9.48 Å². The lowest BCUT2D eigenvalue weighted by Gasteiger charge is -2.25. The molecule has 0 aliphatic rings. The van der Waals surface area contributed by atoms with Crippen molar-refractivity contribution in [1.82, 2.24) is 9.78 Å². The molecule has 1 aromatic heterocycles. The fraction of sp³-hybridized carbons (Fsp3) is 0.667. The highest BCUT2D eigenvalue weighted by molar-refractivity contribution is 5.84. The van der Waals surface area contributed by atoms with Gasteiger partial charge in [0.2, 0.25) is 0 Å². The average Bonchev–Trinajstić information content (AvgIpc) is 2.58.